The zero-order valence-electron chi connectivity index (χ0n) is 11.1. The minimum atomic E-state index is 0.0920. The van der Waals surface area contributed by atoms with Crippen LogP contribution in [0.25, 0.3) is 0 Å². The Morgan fingerprint density at radius 1 is 1.39 bits per heavy atom. The van der Waals surface area contributed by atoms with E-state index in [1.165, 1.54) is 0 Å². The van der Waals surface area contributed by atoms with Gasteiger partial charge in [0.05, 0.1) is 7.11 Å². The van der Waals surface area contributed by atoms with Crippen LogP contribution in [0.2, 0.25) is 0 Å². The number of hydrogen-bond donors (Lipinski definition) is 1. The molecule has 0 fully saturated rings. The van der Waals surface area contributed by atoms with E-state index in [1.54, 1.807) is 19.1 Å². The van der Waals surface area contributed by atoms with E-state index in [-0.39, 0.29) is 12.5 Å². The fraction of sp³-hybridized carbons (Fsp3) is 0.500. The predicted molar refractivity (Wildman–Crippen MR) is 70.7 cm³/mol. The monoisotopic (exact) mass is 251 g/mol. The van der Waals surface area contributed by atoms with Crippen molar-refractivity contribution in [3.8, 4) is 5.75 Å². The fourth-order valence-electron chi connectivity index (χ4n) is 1.77. The Morgan fingerprint density at radius 2 is 2.11 bits per heavy atom. The number of hydrogen-bond acceptors (Lipinski definition) is 3. The number of rotatable bonds is 7. The lowest BCUT2D eigenvalue weighted by atomic mass is 10.1. The molecule has 0 aliphatic carbocycles. The third-order valence-electron chi connectivity index (χ3n) is 2.88. The Kier molecular flexibility index (Phi) is 6.22. The van der Waals surface area contributed by atoms with Gasteiger partial charge in [-0.2, -0.15) is 0 Å². The first-order valence-electron chi connectivity index (χ1n) is 6.15. The zero-order chi connectivity index (χ0) is 13.4. The summed E-state index contributed by atoms with van der Waals surface area (Å²) in [6, 6.07) is 7.73. The predicted octanol–water partition coefficient (Wildman–Crippen LogP) is 1.47. The summed E-state index contributed by atoms with van der Waals surface area (Å²) >= 11 is 0. The van der Waals surface area contributed by atoms with Gasteiger partial charge in [0, 0.05) is 26.6 Å². The van der Waals surface area contributed by atoms with Crippen LogP contribution in [0, 0.1) is 0 Å². The van der Waals surface area contributed by atoms with E-state index >= 15 is 0 Å². The molecular formula is C14H21NO3. The van der Waals surface area contributed by atoms with Crippen molar-refractivity contribution in [2.45, 2.75) is 19.3 Å². The minimum Gasteiger partial charge on any atom is -0.496 e. The molecule has 0 aliphatic heterocycles. The maximum absolute atomic E-state index is 11.8. The molecule has 1 aromatic carbocycles. The summed E-state index contributed by atoms with van der Waals surface area (Å²) in [5.74, 6) is 0.915. The van der Waals surface area contributed by atoms with Crippen molar-refractivity contribution in [3.05, 3.63) is 29.8 Å². The zero-order valence-corrected chi connectivity index (χ0v) is 11.1. The molecule has 0 spiro atoms. The van der Waals surface area contributed by atoms with Crippen LogP contribution in [0.3, 0.4) is 0 Å². The van der Waals surface area contributed by atoms with Crippen molar-refractivity contribution in [1.82, 2.24) is 4.90 Å². The molecule has 0 aliphatic rings. The van der Waals surface area contributed by atoms with E-state index in [0.29, 0.717) is 25.8 Å². The quantitative estimate of drug-likeness (QED) is 0.798. The standard InChI is InChI=1S/C14H21NO3/c1-15(10-5-11-16)14(17)9-8-12-6-3-4-7-13(12)18-2/h3-4,6-7,16H,5,8-11H2,1-2H3. The van der Waals surface area contributed by atoms with Gasteiger partial charge in [-0.05, 0) is 24.5 Å². The van der Waals surface area contributed by atoms with Crippen LogP contribution >= 0.6 is 0 Å². The van der Waals surface area contributed by atoms with E-state index in [2.05, 4.69) is 0 Å². The Labute approximate surface area is 108 Å². The molecule has 1 N–H and O–H groups in total. The van der Waals surface area contributed by atoms with E-state index in [1.807, 2.05) is 24.3 Å². The number of aryl methyl sites for hydroxylation is 1. The third-order valence-corrected chi connectivity index (χ3v) is 2.88. The van der Waals surface area contributed by atoms with Gasteiger partial charge in [0.1, 0.15) is 5.75 Å². The summed E-state index contributed by atoms with van der Waals surface area (Å²) in [6.45, 7) is 0.714. The Bertz CT molecular complexity index is 379. The Balaban J connectivity index is 2.46. The van der Waals surface area contributed by atoms with Gasteiger partial charge < -0.3 is 14.7 Å². The SMILES string of the molecule is COc1ccccc1CCC(=O)N(C)CCCO. The molecule has 0 unspecified atom stereocenters. The van der Waals surface area contributed by atoms with E-state index in [9.17, 15) is 4.79 Å². The Hall–Kier alpha value is -1.55. The first-order chi connectivity index (χ1) is 8.69. The van der Waals surface area contributed by atoms with Gasteiger partial charge in [0.25, 0.3) is 0 Å². The number of nitrogens with zero attached hydrogens (tertiary/aromatic N) is 1. The van der Waals surface area contributed by atoms with Gasteiger partial charge in [0.15, 0.2) is 0 Å². The second-order valence-electron chi connectivity index (χ2n) is 4.20. The van der Waals surface area contributed by atoms with Crippen LogP contribution in [0.4, 0.5) is 0 Å². The lowest BCUT2D eigenvalue weighted by molar-refractivity contribution is -0.129. The van der Waals surface area contributed by atoms with E-state index in [4.69, 9.17) is 9.84 Å². The number of aliphatic hydroxyl groups excluding tert-OH is 1. The summed E-state index contributed by atoms with van der Waals surface area (Å²) in [7, 11) is 3.40. The highest BCUT2D eigenvalue weighted by Gasteiger charge is 2.10. The van der Waals surface area contributed by atoms with Gasteiger partial charge in [-0.15, -0.1) is 0 Å². The fourth-order valence-corrected chi connectivity index (χ4v) is 1.77. The van der Waals surface area contributed by atoms with Crippen molar-refractivity contribution in [2.24, 2.45) is 0 Å². The molecule has 4 heteroatoms. The number of benzene rings is 1. The van der Waals surface area contributed by atoms with Crippen LogP contribution in [-0.2, 0) is 11.2 Å². The van der Waals surface area contributed by atoms with Gasteiger partial charge in [-0.25, -0.2) is 0 Å². The lowest BCUT2D eigenvalue weighted by Gasteiger charge is -2.16. The molecule has 0 atom stereocenters. The van der Waals surface area contributed by atoms with Crippen molar-refractivity contribution < 1.29 is 14.6 Å². The van der Waals surface area contributed by atoms with Gasteiger partial charge in [-0.1, -0.05) is 18.2 Å². The number of methoxy groups -OCH3 is 1. The number of amides is 1. The maximum Gasteiger partial charge on any atom is 0.222 e. The second kappa shape index (κ2) is 7.71. The number of aliphatic hydroxyl groups is 1. The molecule has 1 amide bonds. The molecule has 0 saturated heterocycles. The van der Waals surface area contributed by atoms with Crippen molar-refractivity contribution >= 4 is 5.91 Å². The van der Waals surface area contributed by atoms with Crippen LogP contribution in [0.5, 0.6) is 5.75 Å². The van der Waals surface area contributed by atoms with Crippen molar-refractivity contribution in [1.29, 1.82) is 0 Å². The topological polar surface area (TPSA) is 49.8 Å². The molecule has 100 valence electrons. The molecule has 18 heavy (non-hydrogen) atoms. The van der Waals surface area contributed by atoms with Gasteiger partial charge in [-0.3, -0.25) is 4.79 Å². The normalized spacial score (nSPS) is 10.2. The first-order valence-corrected chi connectivity index (χ1v) is 6.15. The first kappa shape index (κ1) is 14.5. The highest BCUT2D eigenvalue weighted by Crippen LogP contribution is 2.19. The third kappa shape index (κ3) is 4.37. The molecule has 1 rings (SSSR count). The number of carbonyl (C=O) groups is 1. The molecule has 0 heterocycles. The molecule has 0 bridgehead atoms. The minimum absolute atomic E-state index is 0.0920. The highest BCUT2D eigenvalue weighted by molar-refractivity contribution is 5.76. The molecule has 4 nitrogen and oxygen atoms in total. The second-order valence-corrected chi connectivity index (χ2v) is 4.20. The molecule has 0 saturated carbocycles. The molecular weight excluding hydrogens is 230 g/mol. The smallest absolute Gasteiger partial charge is 0.222 e. The molecule has 0 aromatic heterocycles. The van der Waals surface area contributed by atoms with Gasteiger partial charge in [0.2, 0.25) is 5.91 Å². The summed E-state index contributed by atoms with van der Waals surface area (Å²) < 4.78 is 5.25. The van der Waals surface area contributed by atoms with Crippen LogP contribution in [-0.4, -0.2) is 43.2 Å². The average molecular weight is 251 g/mol. The van der Waals surface area contributed by atoms with Gasteiger partial charge >= 0.3 is 0 Å². The van der Waals surface area contributed by atoms with E-state index in [0.717, 1.165) is 11.3 Å². The lowest BCUT2D eigenvalue weighted by Crippen LogP contribution is -2.28. The summed E-state index contributed by atoms with van der Waals surface area (Å²) in [6.07, 6.45) is 1.76. The van der Waals surface area contributed by atoms with Crippen LogP contribution < -0.4 is 4.74 Å². The maximum atomic E-state index is 11.8. The van der Waals surface area contributed by atoms with Crippen LogP contribution in [0.15, 0.2) is 24.3 Å². The molecule has 0 radical (unpaired) electrons. The van der Waals surface area contributed by atoms with Crippen LogP contribution in [0.1, 0.15) is 18.4 Å². The largest absolute Gasteiger partial charge is 0.496 e. The number of ether oxygens (including phenoxy) is 1. The number of carbonyl (C=O) groups excluding carboxylic acids is 1. The highest BCUT2D eigenvalue weighted by atomic mass is 16.5. The molecule has 1 aromatic rings. The number of para-hydroxylation sites is 1. The van der Waals surface area contributed by atoms with Crippen molar-refractivity contribution in [2.75, 3.05) is 27.3 Å². The Morgan fingerprint density at radius 3 is 2.78 bits per heavy atom. The summed E-state index contributed by atoms with van der Waals surface area (Å²) in [5.41, 5.74) is 1.05. The summed E-state index contributed by atoms with van der Waals surface area (Å²) in [4.78, 5) is 13.5. The van der Waals surface area contributed by atoms with E-state index < -0.39 is 0 Å². The van der Waals surface area contributed by atoms with Crippen molar-refractivity contribution in [3.63, 3.8) is 0 Å². The summed E-state index contributed by atoms with van der Waals surface area (Å²) in [5, 5.41) is 8.72. The average Bonchev–Trinajstić information content (AvgIpc) is 2.42.